The van der Waals surface area contributed by atoms with Gasteiger partial charge < -0.3 is 18.9 Å². The van der Waals surface area contributed by atoms with Crippen molar-refractivity contribution in [3.8, 4) is 34.5 Å². The van der Waals surface area contributed by atoms with Crippen molar-refractivity contribution in [2.75, 3.05) is 19.9 Å². The average Bonchev–Trinajstić information content (AvgIpc) is 3.64. The average molecular weight is 444 g/mol. The van der Waals surface area contributed by atoms with Gasteiger partial charge >= 0.3 is 0 Å². The number of fused-ring (bicyclic) bond motifs is 1. The molecule has 0 N–H and O–H groups in total. The van der Waals surface area contributed by atoms with Gasteiger partial charge in [-0.2, -0.15) is 4.98 Å². The van der Waals surface area contributed by atoms with E-state index in [0.717, 1.165) is 18.4 Å². The number of nitrogens with zero attached hydrogens (tertiary/aromatic N) is 6. The van der Waals surface area contributed by atoms with Crippen molar-refractivity contribution in [2.45, 2.75) is 18.9 Å². The molecule has 0 spiro atoms. The van der Waals surface area contributed by atoms with Gasteiger partial charge in [-0.05, 0) is 31.0 Å². The van der Waals surface area contributed by atoms with Crippen LogP contribution in [0, 0.1) is 0 Å². The summed E-state index contributed by atoms with van der Waals surface area (Å²) >= 11 is 0. The summed E-state index contributed by atoms with van der Waals surface area (Å²) in [6, 6.07) is 15.1. The third-order valence-electron chi connectivity index (χ3n) is 5.93. The fourth-order valence-electron chi connectivity index (χ4n) is 4.13. The summed E-state index contributed by atoms with van der Waals surface area (Å²) in [7, 11) is 0. The smallest absolute Gasteiger partial charge is 0.280 e. The third kappa shape index (κ3) is 3.69. The lowest BCUT2D eigenvalue weighted by atomic mass is 10.0. The number of hydrogen-bond acceptors (Lipinski definition) is 8. The van der Waals surface area contributed by atoms with Crippen LogP contribution in [0.25, 0.3) is 23.0 Å². The molecule has 6 rings (SSSR count). The maximum absolute atomic E-state index is 12.9. The first-order valence-corrected chi connectivity index (χ1v) is 10.7. The van der Waals surface area contributed by atoms with Gasteiger partial charge in [0.2, 0.25) is 12.6 Å². The largest absolute Gasteiger partial charge is 0.454 e. The molecule has 0 aliphatic carbocycles. The van der Waals surface area contributed by atoms with E-state index in [-0.39, 0.29) is 18.7 Å². The second-order valence-corrected chi connectivity index (χ2v) is 7.96. The second-order valence-electron chi connectivity index (χ2n) is 7.96. The van der Waals surface area contributed by atoms with E-state index >= 15 is 0 Å². The molecule has 2 aromatic heterocycles. The summed E-state index contributed by atoms with van der Waals surface area (Å²) < 4.78 is 17.9. The summed E-state index contributed by atoms with van der Waals surface area (Å²) in [6.07, 6.45) is 3.37. The zero-order valence-electron chi connectivity index (χ0n) is 17.6. The molecule has 0 radical (unpaired) electrons. The molecule has 2 aliphatic rings. The number of ether oxygens (including phenoxy) is 2. The Hall–Kier alpha value is -4.21. The number of piperidine rings is 1. The van der Waals surface area contributed by atoms with Gasteiger partial charge in [0.25, 0.3) is 11.8 Å². The minimum Gasteiger partial charge on any atom is -0.454 e. The standard InChI is InChI=1S/C23H20N6O4/c30-23(16-6-7-19-20(12-16)32-14-31-19)28-10-8-17(9-11-28)29-13-18(25-27-29)22-24-21(26-33-22)15-4-2-1-3-5-15/h1-7,12-13,17H,8-11,14H2. The molecular weight excluding hydrogens is 424 g/mol. The van der Waals surface area contributed by atoms with Crippen LogP contribution in [0.2, 0.25) is 0 Å². The van der Waals surface area contributed by atoms with Crippen LogP contribution in [0.5, 0.6) is 11.5 Å². The number of carbonyl (C=O) groups is 1. The zero-order chi connectivity index (χ0) is 22.2. The lowest BCUT2D eigenvalue weighted by molar-refractivity contribution is 0.0689. The van der Waals surface area contributed by atoms with Crippen molar-refractivity contribution in [1.82, 2.24) is 30.0 Å². The number of likely N-dealkylation sites (tertiary alicyclic amines) is 1. The first-order chi connectivity index (χ1) is 16.2. The molecule has 0 atom stereocenters. The van der Waals surface area contributed by atoms with E-state index in [9.17, 15) is 4.79 Å². The molecule has 10 nitrogen and oxygen atoms in total. The topological polar surface area (TPSA) is 108 Å². The number of benzene rings is 2. The highest BCUT2D eigenvalue weighted by atomic mass is 16.7. The Kier molecular flexibility index (Phi) is 4.75. The first kappa shape index (κ1) is 19.5. The van der Waals surface area contributed by atoms with E-state index in [1.807, 2.05) is 46.1 Å². The SMILES string of the molecule is O=C(c1ccc2c(c1)OCO2)N1CCC(n2cc(-c3nc(-c4ccccc4)no3)nn2)CC1. The van der Waals surface area contributed by atoms with Gasteiger partial charge in [0.15, 0.2) is 17.2 Å². The number of carbonyl (C=O) groups excluding carboxylic acids is 1. The van der Waals surface area contributed by atoms with Gasteiger partial charge in [-0.15, -0.1) is 5.10 Å². The van der Waals surface area contributed by atoms with Gasteiger partial charge in [-0.3, -0.25) is 4.79 Å². The Bertz CT molecular complexity index is 1290. The molecule has 1 amide bonds. The molecule has 0 unspecified atom stereocenters. The summed E-state index contributed by atoms with van der Waals surface area (Å²) in [5.74, 6) is 2.11. The minimum atomic E-state index is -0.00895. The van der Waals surface area contributed by atoms with Crippen LogP contribution >= 0.6 is 0 Å². The molecule has 4 heterocycles. The van der Waals surface area contributed by atoms with Crippen LogP contribution in [-0.2, 0) is 0 Å². The van der Waals surface area contributed by atoms with Crippen molar-refractivity contribution >= 4 is 5.91 Å². The molecule has 10 heteroatoms. The van der Waals surface area contributed by atoms with Crippen molar-refractivity contribution < 1.29 is 18.8 Å². The lowest BCUT2D eigenvalue weighted by Crippen LogP contribution is -2.39. The van der Waals surface area contributed by atoms with Crippen LogP contribution in [0.4, 0.5) is 0 Å². The monoisotopic (exact) mass is 444 g/mol. The molecule has 2 aliphatic heterocycles. The maximum atomic E-state index is 12.9. The van der Waals surface area contributed by atoms with Gasteiger partial charge in [-0.1, -0.05) is 40.7 Å². The molecule has 33 heavy (non-hydrogen) atoms. The zero-order valence-corrected chi connectivity index (χ0v) is 17.6. The number of rotatable bonds is 4. The lowest BCUT2D eigenvalue weighted by Gasteiger charge is -2.31. The summed E-state index contributed by atoms with van der Waals surface area (Å²) in [5, 5.41) is 12.5. The van der Waals surface area contributed by atoms with Crippen LogP contribution in [0.3, 0.4) is 0 Å². The fraction of sp³-hybridized carbons (Fsp3) is 0.261. The highest BCUT2D eigenvalue weighted by Crippen LogP contribution is 2.33. The van der Waals surface area contributed by atoms with E-state index in [1.54, 1.807) is 18.2 Å². The van der Waals surface area contributed by atoms with Crippen molar-refractivity contribution in [3.05, 3.63) is 60.3 Å². The Morgan fingerprint density at radius 3 is 2.67 bits per heavy atom. The van der Waals surface area contributed by atoms with Gasteiger partial charge in [0.1, 0.15) is 0 Å². The molecular formula is C23H20N6O4. The molecule has 0 bridgehead atoms. The summed E-state index contributed by atoms with van der Waals surface area (Å²) in [6.45, 7) is 1.45. The Labute approximate surface area is 188 Å². The molecule has 4 aromatic rings. The van der Waals surface area contributed by atoms with Gasteiger partial charge in [0, 0.05) is 24.2 Å². The van der Waals surface area contributed by atoms with Crippen LogP contribution in [0.15, 0.2) is 59.3 Å². The Balaban J connectivity index is 1.11. The molecule has 0 saturated carbocycles. The Morgan fingerprint density at radius 2 is 1.82 bits per heavy atom. The molecule has 2 aromatic carbocycles. The van der Waals surface area contributed by atoms with E-state index in [4.69, 9.17) is 14.0 Å². The number of hydrogen-bond donors (Lipinski definition) is 0. The van der Waals surface area contributed by atoms with Crippen molar-refractivity contribution in [2.24, 2.45) is 0 Å². The minimum absolute atomic E-state index is 0.00895. The van der Waals surface area contributed by atoms with Crippen molar-refractivity contribution in [1.29, 1.82) is 0 Å². The van der Waals surface area contributed by atoms with E-state index in [0.29, 0.717) is 47.6 Å². The number of amides is 1. The predicted molar refractivity (Wildman–Crippen MR) is 115 cm³/mol. The third-order valence-corrected chi connectivity index (χ3v) is 5.93. The predicted octanol–water partition coefficient (Wildman–Crippen LogP) is 3.20. The van der Waals surface area contributed by atoms with Crippen LogP contribution < -0.4 is 9.47 Å². The van der Waals surface area contributed by atoms with Gasteiger partial charge in [0.05, 0.1) is 12.2 Å². The highest BCUT2D eigenvalue weighted by Gasteiger charge is 2.27. The quantitative estimate of drug-likeness (QED) is 0.472. The Morgan fingerprint density at radius 1 is 1.00 bits per heavy atom. The number of aromatic nitrogens is 5. The molecule has 1 fully saturated rings. The van der Waals surface area contributed by atoms with E-state index in [2.05, 4.69) is 20.5 Å². The van der Waals surface area contributed by atoms with Crippen molar-refractivity contribution in [3.63, 3.8) is 0 Å². The van der Waals surface area contributed by atoms with E-state index < -0.39 is 0 Å². The highest BCUT2D eigenvalue weighted by molar-refractivity contribution is 5.95. The van der Waals surface area contributed by atoms with Crippen LogP contribution in [0.1, 0.15) is 29.2 Å². The van der Waals surface area contributed by atoms with E-state index in [1.165, 1.54) is 0 Å². The summed E-state index contributed by atoms with van der Waals surface area (Å²) in [4.78, 5) is 19.2. The fourth-order valence-corrected chi connectivity index (χ4v) is 4.13. The molecule has 1 saturated heterocycles. The maximum Gasteiger partial charge on any atom is 0.280 e. The van der Waals surface area contributed by atoms with Gasteiger partial charge in [-0.25, -0.2) is 4.68 Å². The van der Waals surface area contributed by atoms with Crippen LogP contribution in [-0.4, -0.2) is 55.8 Å². The molecule has 166 valence electrons. The summed E-state index contributed by atoms with van der Waals surface area (Å²) in [5.41, 5.74) is 2.01. The normalized spacial score (nSPS) is 15.7. The second kappa shape index (κ2) is 8.05. The first-order valence-electron chi connectivity index (χ1n) is 10.7.